The monoisotopic (exact) mass is 270 g/mol. The van der Waals surface area contributed by atoms with Crippen LogP contribution in [0.2, 0.25) is 0 Å². The van der Waals surface area contributed by atoms with Gasteiger partial charge in [-0.3, -0.25) is 4.79 Å². The van der Waals surface area contributed by atoms with Gasteiger partial charge in [0, 0.05) is 5.56 Å². The first-order valence-electron chi connectivity index (χ1n) is 6.25. The fourth-order valence-electron chi connectivity index (χ4n) is 1.61. The molecule has 0 radical (unpaired) electrons. The number of carbonyl (C=O) groups excluding carboxylic acids is 2. The zero-order valence-electron chi connectivity index (χ0n) is 11.0. The van der Waals surface area contributed by atoms with Crippen molar-refractivity contribution < 1.29 is 19.1 Å². The van der Waals surface area contributed by atoms with Gasteiger partial charge < -0.3 is 9.47 Å². The molecule has 0 fully saturated rings. The molecule has 0 saturated heterocycles. The molecule has 0 amide bonds. The van der Waals surface area contributed by atoms with Crippen molar-refractivity contribution in [3.63, 3.8) is 0 Å². The highest BCUT2D eigenvalue weighted by molar-refractivity contribution is 6.40. The minimum absolute atomic E-state index is 0.180. The van der Waals surface area contributed by atoms with Gasteiger partial charge in [-0.2, -0.15) is 0 Å². The van der Waals surface area contributed by atoms with Crippen LogP contribution in [0.4, 0.5) is 0 Å². The molecule has 0 bridgehead atoms. The highest BCUT2D eigenvalue weighted by atomic mass is 16.5. The quantitative estimate of drug-likeness (QED) is 0.475. The van der Waals surface area contributed by atoms with E-state index in [0.29, 0.717) is 11.5 Å². The van der Waals surface area contributed by atoms with Crippen LogP contribution in [0.1, 0.15) is 17.3 Å². The number of para-hydroxylation sites is 1. The third-order valence-corrected chi connectivity index (χ3v) is 2.56. The Morgan fingerprint density at radius 3 is 2.10 bits per heavy atom. The van der Waals surface area contributed by atoms with Crippen molar-refractivity contribution in [1.82, 2.24) is 0 Å². The van der Waals surface area contributed by atoms with Crippen molar-refractivity contribution in [3.05, 3.63) is 60.2 Å². The van der Waals surface area contributed by atoms with Crippen molar-refractivity contribution >= 4 is 11.8 Å². The summed E-state index contributed by atoms with van der Waals surface area (Å²) in [5.74, 6) is -0.198. The fourth-order valence-corrected chi connectivity index (χ4v) is 1.61. The summed E-state index contributed by atoms with van der Waals surface area (Å²) < 4.78 is 10.3. The standard InChI is InChI=1S/C16H14O4/c1-2-19-16(18)15(17)12-8-10-14(11-9-12)20-13-6-4-3-5-7-13/h3-11H,2H2,1H3. The van der Waals surface area contributed by atoms with Gasteiger partial charge in [-0.05, 0) is 43.3 Å². The third-order valence-electron chi connectivity index (χ3n) is 2.56. The number of hydrogen-bond donors (Lipinski definition) is 0. The number of carbonyl (C=O) groups is 2. The molecule has 0 heterocycles. The summed E-state index contributed by atoms with van der Waals surface area (Å²) >= 11 is 0. The van der Waals surface area contributed by atoms with Crippen molar-refractivity contribution in [1.29, 1.82) is 0 Å². The van der Waals surface area contributed by atoms with Crippen LogP contribution < -0.4 is 4.74 Å². The first-order valence-corrected chi connectivity index (χ1v) is 6.25. The molecule has 0 aliphatic rings. The Labute approximate surface area is 116 Å². The van der Waals surface area contributed by atoms with E-state index in [1.807, 2.05) is 30.3 Å². The first-order chi connectivity index (χ1) is 9.70. The summed E-state index contributed by atoms with van der Waals surface area (Å²) in [7, 11) is 0. The predicted molar refractivity (Wildman–Crippen MR) is 73.9 cm³/mol. The van der Waals surface area contributed by atoms with Crippen molar-refractivity contribution in [2.45, 2.75) is 6.92 Å². The highest BCUT2D eigenvalue weighted by Crippen LogP contribution is 2.21. The van der Waals surface area contributed by atoms with Gasteiger partial charge in [0.2, 0.25) is 0 Å². The Morgan fingerprint density at radius 2 is 1.50 bits per heavy atom. The summed E-state index contributed by atoms with van der Waals surface area (Å²) in [5, 5.41) is 0. The summed E-state index contributed by atoms with van der Waals surface area (Å²) in [5.41, 5.74) is 0.281. The van der Waals surface area contributed by atoms with Gasteiger partial charge in [-0.25, -0.2) is 4.79 Å². The van der Waals surface area contributed by atoms with Crippen LogP contribution in [0.15, 0.2) is 54.6 Å². The molecule has 0 spiro atoms. The molecular formula is C16H14O4. The molecular weight excluding hydrogens is 256 g/mol. The minimum Gasteiger partial charge on any atom is -0.460 e. The molecule has 0 aromatic heterocycles. The van der Waals surface area contributed by atoms with E-state index in [9.17, 15) is 9.59 Å². The Bertz CT molecular complexity index is 588. The van der Waals surface area contributed by atoms with E-state index in [2.05, 4.69) is 4.74 Å². The Balaban J connectivity index is 2.07. The molecule has 2 rings (SSSR count). The second-order valence-corrected chi connectivity index (χ2v) is 3.99. The zero-order chi connectivity index (χ0) is 14.4. The lowest BCUT2D eigenvalue weighted by atomic mass is 10.1. The van der Waals surface area contributed by atoms with Crippen LogP contribution in [0.5, 0.6) is 11.5 Å². The number of rotatable bonds is 5. The third kappa shape index (κ3) is 3.45. The summed E-state index contributed by atoms with van der Waals surface area (Å²) in [4.78, 5) is 23.0. The van der Waals surface area contributed by atoms with Crippen LogP contribution in [0, 0.1) is 0 Å². The number of ether oxygens (including phenoxy) is 2. The average molecular weight is 270 g/mol. The van der Waals surface area contributed by atoms with Crippen molar-refractivity contribution in [2.24, 2.45) is 0 Å². The molecule has 0 aliphatic heterocycles. The van der Waals surface area contributed by atoms with E-state index in [1.54, 1.807) is 19.1 Å². The summed E-state index contributed by atoms with van der Waals surface area (Å²) in [6, 6.07) is 15.7. The van der Waals surface area contributed by atoms with Gasteiger partial charge >= 0.3 is 5.97 Å². The lowest BCUT2D eigenvalue weighted by molar-refractivity contribution is -0.137. The average Bonchev–Trinajstić information content (AvgIpc) is 2.48. The molecule has 4 nitrogen and oxygen atoms in total. The molecule has 0 atom stereocenters. The van der Waals surface area contributed by atoms with E-state index in [1.165, 1.54) is 12.1 Å². The first kappa shape index (κ1) is 13.8. The minimum atomic E-state index is -0.843. The normalized spacial score (nSPS) is 9.85. The van der Waals surface area contributed by atoms with E-state index < -0.39 is 11.8 Å². The van der Waals surface area contributed by atoms with Crippen LogP contribution in [0.3, 0.4) is 0 Å². The molecule has 102 valence electrons. The Kier molecular flexibility index (Phi) is 4.50. The second kappa shape index (κ2) is 6.52. The van der Waals surface area contributed by atoms with Gasteiger partial charge in [0.1, 0.15) is 11.5 Å². The van der Waals surface area contributed by atoms with Crippen LogP contribution in [0.25, 0.3) is 0 Å². The maximum Gasteiger partial charge on any atom is 0.379 e. The smallest absolute Gasteiger partial charge is 0.379 e. The lowest BCUT2D eigenvalue weighted by Gasteiger charge is -2.06. The van der Waals surface area contributed by atoms with Crippen LogP contribution in [-0.2, 0) is 9.53 Å². The maximum absolute atomic E-state index is 11.7. The zero-order valence-corrected chi connectivity index (χ0v) is 11.0. The molecule has 2 aromatic carbocycles. The molecule has 2 aromatic rings. The second-order valence-electron chi connectivity index (χ2n) is 3.99. The fraction of sp³-hybridized carbons (Fsp3) is 0.125. The van der Waals surface area contributed by atoms with E-state index in [4.69, 9.17) is 4.74 Å². The number of ketones is 1. The molecule has 20 heavy (non-hydrogen) atoms. The number of hydrogen-bond acceptors (Lipinski definition) is 4. The summed E-state index contributed by atoms with van der Waals surface area (Å²) in [6.45, 7) is 1.84. The SMILES string of the molecule is CCOC(=O)C(=O)c1ccc(Oc2ccccc2)cc1. The molecule has 0 aliphatic carbocycles. The predicted octanol–water partition coefficient (Wildman–Crippen LogP) is 3.22. The van der Waals surface area contributed by atoms with Gasteiger partial charge in [-0.15, -0.1) is 0 Å². The van der Waals surface area contributed by atoms with Crippen LogP contribution >= 0.6 is 0 Å². The van der Waals surface area contributed by atoms with Gasteiger partial charge in [0.15, 0.2) is 0 Å². The van der Waals surface area contributed by atoms with Gasteiger partial charge in [0.25, 0.3) is 5.78 Å². The van der Waals surface area contributed by atoms with E-state index in [0.717, 1.165) is 0 Å². The summed E-state index contributed by atoms with van der Waals surface area (Å²) in [6.07, 6.45) is 0. The molecule has 0 unspecified atom stereocenters. The van der Waals surface area contributed by atoms with Crippen molar-refractivity contribution in [3.8, 4) is 11.5 Å². The van der Waals surface area contributed by atoms with E-state index >= 15 is 0 Å². The maximum atomic E-state index is 11.7. The molecule has 0 N–H and O–H groups in total. The van der Waals surface area contributed by atoms with Crippen LogP contribution in [-0.4, -0.2) is 18.4 Å². The number of benzene rings is 2. The number of esters is 1. The highest BCUT2D eigenvalue weighted by Gasteiger charge is 2.17. The van der Waals surface area contributed by atoms with Gasteiger partial charge in [0.05, 0.1) is 6.61 Å². The van der Waals surface area contributed by atoms with E-state index in [-0.39, 0.29) is 12.2 Å². The Morgan fingerprint density at radius 1 is 0.900 bits per heavy atom. The largest absolute Gasteiger partial charge is 0.460 e. The number of Topliss-reactive ketones (excluding diaryl/α,β-unsaturated/α-hetero) is 1. The topological polar surface area (TPSA) is 52.6 Å². The van der Waals surface area contributed by atoms with Gasteiger partial charge in [-0.1, -0.05) is 18.2 Å². The molecule has 4 heteroatoms. The Hall–Kier alpha value is -2.62. The molecule has 0 saturated carbocycles. The van der Waals surface area contributed by atoms with Crippen molar-refractivity contribution in [2.75, 3.05) is 6.61 Å². The lowest BCUT2D eigenvalue weighted by Crippen LogP contribution is -2.17.